The molecule has 1 fully saturated rings. The van der Waals surface area contributed by atoms with E-state index in [4.69, 9.17) is 11.6 Å². The predicted molar refractivity (Wildman–Crippen MR) is 134 cm³/mol. The first-order chi connectivity index (χ1) is 16.9. The number of anilines is 1. The summed E-state index contributed by atoms with van der Waals surface area (Å²) in [6, 6.07) is 14.3. The van der Waals surface area contributed by atoms with Gasteiger partial charge >= 0.3 is 0 Å². The number of halogens is 2. The summed E-state index contributed by atoms with van der Waals surface area (Å²) in [7, 11) is 0. The molecule has 0 atom stereocenters. The lowest BCUT2D eigenvalue weighted by Crippen LogP contribution is -2.43. The van der Waals surface area contributed by atoms with E-state index in [1.54, 1.807) is 29.9 Å². The molecule has 0 saturated carbocycles. The fourth-order valence-corrected chi connectivity index (χ4v) is 4.37. The summed E-state index contributed by atoms with van der Waals surface area (Å²) in [4.78, 5) is 27.2. The molecule has 1 aromatic heterocycles. The smallest absolute Gasteiger partial charge is 0.239 e. The van der Waals surface area contributed by atoms with E-state index in [9.17, 15) is 14.0 Å². The third-order valence-electron chi connectivity index (χ3n) is 6.29. The molecule has 2 amide bonds. The predicted octanol–water partition coefficient (Wildman–Crippen LogP) is 4.00. The number of hydrogen-bond donors (Lipinski definition) is 2. The lowest BCUT2D eigenvalue weighted by atomic mass is 9.96. The zero-order valence-electron chi connectivity index (χ0n) is 19.6. The monoisotopic (exact) mass is 497 g/mol. The van der Waals surface area contributed by atoms with Crippen LogP contribution >= 0.6 is 11.6 Å². The number of aryl methyl sites for hydroxylation is 1. The second-order valence-corrected chi connectivity index (χ2v) is 9.27. The van der Waals surface area contributed by atoms with E-state index in [2.05, 4.69) is 15.7 Å². The number of likely N-dealkylation sites (tertiary alicyclic amines) is 1. The minimum absolute atomic E-state index is 0.0291. The van der Waals surface area contributed by atoms with E-state index in [1.165, 1.54) is 6.07 Å². The van der Waals surface area contributed by atoms with Crippen molar-refractivity contribution >= 4 is 29.2 Å². The average Bonchev–Trinajstić information content (AvgIpc) is 3.27. The highest BCUT2D eigenvalue weighted by Crippen LogP contribution is 2.20. The standard InChI is InChI=1S/C26H29ClFN5O2/c1-18-6-7-19(14-23(18)28)15-29-26(35)20-9-12-32(13-10-20)17-25(34)31-24-8-11-30-33(24)16-21-4-2-3-5-22(21)27/h2-8,11,14,20H,9-10,12-13,15-17H2,1H3,(H,29,35)(H,31,34). The molecule has 0 spiro atoms. The van der Waals surface area contributed by atoms with Crippen LogP contribution in [0.25, 0.3) is 0 Å². The van der Waals surface area contributed by atoms with Gasteiger partial charge < -0.3 is 10.6 Å². The lowest BCUT2D eigenvalue weighted by molar-refractivity contribution is -0.126. The molecule has 2 aromatic carbocycles. The SMILES string of the molecule is Cc1ccc(CNC(=O)C2CCN(CC(=O)Nc3ccnn3Cc3ccccc3Cl)CC2)cc1F. The zero-order valence-corrected chi connectivity index (χ0v) is 20.4. The molecule has 9 heteroatoms. The summed E-state index contributed by atoms with van der Waals surface area (Å²) >= 11 is 6.25. The number of nitrogens with zero attached hydrogens (tertiary/aromatic N) is 3. The van der Waals surface area contributed by atoms with Crippen molar-refractivity contribution in [3.8, 4) is 0 Å². The maximum Gasteiger partial charge on any atom is 0.239 e. The van der Waals surface area contributed by atoms with Crippen LogP contribution in [-0.2, 0) is 22.7 Å². The Morgan fingerprint density at radius 3 is 2.66 bits per heavy atom. The summed E-state index contributed by atoms with van der Waals surface area (Å²) in [6.45, 7) is 4.03. The van der Waals surface area contributed by atoms with E-state index < -0.39 is 0 Å². The maximum absolute atomic E-state index is 13.7. The van der Waals surface area contributed by atoms with Crippen molar-refractivity contribution in [3.63, 3.8) is 0 Å². The first-order valence-corrected chi connectivity index (χ1v) is 12.1. The summed E-state index contributed by atoms with van der Waals surface area (Å²) in [5.41, 5.74) is 2.24. The quantitative estimate of drug-likeness (QED) is 0.493. The molecule has 35 heavy (non-hydrogen) atoms. The molecule has 1 aliphatic rings. The molecule has 0 unspecified atom stereocenters. The molecule has 7 nitrogen and oxygen atoms in total. The van der Waals surface area contributed by atoms with E-state index in [0.29, 0.717) is 55.4 Å². The van der Waals surface area contributed by atoms with Crippen LogP contribution in [-0.4, -0.2) is 46.1 Å². The van der Waals surface area contributed by atoms with Gasteiger partial charge in [-0.15, -0.1) is 0 Å². The van der Waals surface area contributed by atoms with Gasteiger partial charge in [0, 0.05) is 23.6 Å². The number of hydrogen-bond acceptors (Lipinski definition) is 4. The van der Waals surface area contributed by atoms with Gasteiger partial charge in [-0.05, 0) is 61.7 Å². The van der Waals surface area contributed by atoms with Crippen LogP contribution in [0, 0.1) is 18.7 Å². The fourth-order valence-electron chi connectivity index (χ4n) is 4.17. The van der Waals surface area contributed by atoms with Gasteiger partial charge in [-0.3, -0.25) is 14.5 Å². The fraction of sp³-hybridized carbons (Fsp3) is 0.346. The average molecular weight is 498 g/mol. The van der Waals surface area contributed by atoms with Gasteiger partial charge in [0.1, 0.15) is 11.6 Å². The van der Waals surface area contributed by atoms with Gasteiger partial charge in [0.15, 0.2) is 0 Å². The summed E-state index contributed by atoms with van der Waals surface area (Å²) < 4.78 is 15.4. The number of carbonyl (C=O) groups is 2. The first-order valence-electron chi connectivity index (χ1n) is 11.7. The highest BCUT2D eigenvalue weighted by Gasteiger charge is 2.26. The lowest BCUT2D eigenvalue weighted by Gasteiger charge is -2.30. The Balaban J connectivity index is 1.22. The molecule has 2 N–H and O–H groups in total. The van der Waals surface area contributed by atoms with E-state index in [1.807, 2.05) is 35.2 Å². The van der Waals surface area contributed by atoms with E-state index in [0.717, 1.165) is 11.1 Å². The van der Waals surface area contributed by atoms with Gasteiger partial charge in [0.05, 0.1) is 19.3 Å². The van der Waals surface area contributed by atoms with Crippen molar-refractivity contribution < 1.29 is 14.0 Å². The van der Waals surface area contributed by atoms with Crippen molar-refractivity contribution in [2.75, 3.05) is 25.0 Å². The van der Waals surface area contributed by atoms with Crippen LogP contribution in [0.2, 0.25) is 5.02 Å². The topological polar surface area (TPSA) is 79.3 Å². The third kappa shape index (κ3) is 6.68. The molecular formula is C26H29ClFN5O2. The minimum Gasteiger partial charge on any atom is -0.352 e. The van der Waals surface area contributed by atoms with Gasteiger partial charge in [-0.1, -0.05) is 41.9 Å². The number of nitrogens with one attached hydrogen (secondary N) is 2. The molecule has 0 aliphatic carbocycles. The largest absolute Gasteiger partial charge is 0.352 e. The summed E-state index contributed by atoms with van der Waals surface area (Å²) in [5.74, 6) is 0.0717. The van der Waals surface area contributed by atoms with Gasteiger partial charge in [0.25, 0.3) is 0 Å². The molecule has 3 aromatic rings. The Hall–Kier alpha value is -3.23. The normalized spacial score (nSPS) is 14.6. The highest BCUT2D eigenvalue weighted by molar-refractivity contribution is 6.31. The van der Waals surface area contributed by atoms with Crippen molar-refractivity contribution in [1.82, 2.24) is 20.0 Å². The number of carbonyl (C=O) groups excluding carboxylic acids is 2. The number of aromatic nitrogens is 2. The molecule has 4 rings (SSSR count). The molecule has 0 radical (unpaired) electrons. The molecule has 1 aliphatic heterocycles. The van der Waals surface area contributed by atoms with Crippen LogP contribution in [0.15, 0.2) is 54.7 Å². The molecular weight excluding hydrogens is 469 g/mol. The van der Waals surface area contributed by atoms with E-state index >= 15 is 0 Å². The summed E-state index contributed by atoms with van der Waals surface area (Å²) in [6.07, 6.45) is 2.99. The Labute approximate surface area is 209 Å². The van der Waals surface area contributed by atoms with Crippen LogP contribution in [0.3, 0.4) is 0 Å². The molecule has 1 saturated heterocycles. The van der Waals surface area contributed by atoms with Crippen molar-refractivity contribution in [2.45, 2.75) is 32.9 Å². The number of amides is 2. The van der Waals surface area contributed by atoms with Crippen molar-refractivity contribution in [1.29, 1.82) is 0 Å². The Morgan fingerprint density at radius 1 is 1.14 bits per heavy atom. The third-order valence-corrected chi connectivity index (χ3v) is 6.66. The number of rotatable bonds is 8. The number of benzene rings is 2. The Bertz CT molecular complexity index is 1190. The highest BCUT2D eigenvalue weighted by atomic mass is 35.5. The Kier molecular flexibility index (Phi) is 8.15. The van der Waals surface area contributed by atoms with Crippen molar-refractivity contribution in [3.05, 3.63) is 82.3 Å². The van der Waals surface area contributed by atoms with Crippen LogP contribution in [0.5, 0.6) is 0 Å². The molecule has 184 valence electrons. The van der Waals surface area contributed by atoms with Crippen LogP contribution in [0.4, 0.5) is 10.2 Å². The maximum atomic E-state index is 13.7. The minimum atomic E-state index is -0.268. The van der Waals surface area contributed by atoms with E-state index in [-0.39, 0.29) is 30.1 Å². The van der Waals surface area contributed by atoms with Crippen LogP contribution in [0.1, 0.15) is 29.5 Å². The second-order valence-electron chi connectivity index (χ2n) is 8.87. The summed E-state index contributed by atoms with van der Waals surface area (Å²) in [5, 5.41) is 10.8. The molecule has 0 bridgehead atoms. The van der Waals surface area contributed by atoms with Crippen molar-refractivity contribution in [2.24, 2.45) is 5.92 Å². The van der Waals surface area contributed by atoms with Gasteiger partial charge in [0.2, 0.25) is 11.8 Å². The van der Waals surface area contributed by atoms with Crippen LogP contribution < -0.4 is 10.6 Å². The number of piperidine rings is 1. The molecule has 2 heterocycles. The second kappa shape index (κ2) is 11.5. The zero-order chi connectivity index (χ0) is 24.8. The van der Waals surface area contributed by atoms with Gasteiger partial charge in [-0.2, -0.15) is 5.10 Å². The Morgan fingerprint density at radius 2 is 1.91 bits per heavy atom. The van der Waals surface area contributed by atoms with Gasteiger partial charge in [-0.25, -0.2) is 9.07 Å². The first kappa shape index (κ1) is 24.9.